The molecule has 0 rings (SSSR count). The van der Waals surface area contributed by atoms with Gasteiger partial charge in [0.15, 0.2) is 0 Å². The first-order valence-electron chi connectivity index (χ1n) is 12.1. The molecule has 0 heterocycles. The molecule has 0 aliphatic heterocycles. The molecule has 0 fully saturated rings. The molecule has 0 radical (unpaired) electrons. The maximum Gasteiger partial charge on any atom is 0.408 e. The molecule has 7 nitrogen and oxygen atoms in total. The van der Waals surface area contributed by atoms with Crippen LogP contribution in [-0.2, 0) is 19.1 Å². The fourth-order valence-corrected chi connectivity index (χ4v) is 3.88. The molecule has 1 amide bonds. The summed E-state index contributed by atoms with van der Waals surface area (Å²) < 4.78 is 10.3. The average molecular weight is 476 g/mol. The van der Waals surface area contributed by atoms with Crippen molar-refractivity contribution in [1.29, 1.82) is 0 Å². The molecule has 0 aromatic carbocycles. The van der Waals surface area contributed by atoms with Crippen molar-refractivity contribution in [2.45, 2.75) is 116 Å². The van der Waals surface area contributed by atoms with Gasteiger partial charge in [0.2, 0.25) is 0 Å². The number of unbranched alkanes of at least 4 members (excludes halogenated alkanes) is 10. The Bertz CT molecular complexity index is 521. The van der Waals surface area contributed by atoms with Crippen LogP contribution in [0, 0.1) is 0 Å². The lowest BCUT2D eigenvalue weighted by molar-refractivity contribution is -0.143. The first-order valence-corrected chi connectivity index (χ1v) is 13.3. The molecular formula is C24H45NO6S. The van der Waals surface area contributed by atoms with Crippen LogP contribution < -0.4 is 5.32 Å². The van der Waals surface area contributed by atoms with Crippen LogP contribution in [0.4, 0.5) is 4.79 Å². The summed E-state index contributed by atoms with van der Waals surface area (Å²) in [6.07, 6.45) is 13.3. The number of carbonyl (C=O) groups is 3. The Morgan fingerprint density at radius 2 is 1.44 bits per heavy atom. The van der Waals surface area contributed by atoms with Crippen molar-refractivity contribution in [1.82, 2.24) is 5.32 Å². The minimum absolute atomic E-state index is 0.171. The molecule has 2 N–H and O–H groups in total. The minimum Gasteiger partial charge on any atom is -0.480 e. The summed E-state index contributed by atoms with van der Waals surface area (Å²) >= 11 is 1.31. The molecule has 0 aliphatic rings. The third-order valence-corrected chi connectivity index (χ3v) is 5.77. The number of aliphatic carboxylic acids is 1. The number of amides is 1. The van der Waals surface area contributed by atoms with Crippen molar-refractivity contribution in [3.8, 4) is 0 Å². The standard InChI is InChI=1S/C24H45NO6S/c1-5-6-7-8-9-10-11-12-13-14-15-16-21(26)30-17-18-32-19-20(22(27)28)25-23(29)31-24(2,3)4/h20H,5-19H2,1-4H3,(H,25,29)(H,27,28). The zero-order valence-corrected chi connectivity index (χ0v) is 21.4. The molecule has 0 aromatic rings. The Morgan fingerprint density at radius 3 is 1.94 bits per heavy atom. The predicted molar refractivity (Wildman–Crippen MR) is 130 cm³/mol. The van der Waals surface area contributed by atoms with Crippen molar-refractivity contribution in [3.63, 3.8) is 0 Å². The van der Waals surface area contributed by atoms with E-state index in [1.165, 1.54) is 69.5 Å². The van der Waals surface area contributed by atoms with Crippen molar-refractivity contribution in [2.75, 3.05) is 18.1 Å². The smallest absolute Gasteiger partial charge is 0.408 e. The number of ether oxygens (including phenoxy) is 2. The minimum atomic E-state index is -1.13. The van der Waals surface area contributed by atoms with Gasteiger partial charge in [-0.15, -0.1) is 0 Å². The van der Waals surface area contributed by atoms with E-state index in [9.17, 15) is 19.5 Å². The van der Waals surface area contributed by atoms with Gasteiger partial charge >= 0.3 is 18.0 Å². The van der Waals surface area contributed by atoms with Gasteiger partial charge in [0.1, 0.15) is 18.2 Å². The molecule has 0 bridgehead atoms. The second-order valence-electron chi connectivity index (χ2n) is 9.12. The summed E-state index contributed by atoms with van der Waals surface area (Å²) in [5, 5.41) is 11.6. The Morgan fingerprint density at radius 1 is 0.906 bits per heavy atom. The van der Waals surface area contributed by atoms with Crippen molar-refractivity contribution in [3.05, 3.63) is 0 Å². The molecule has 0 saturated heterocycles. The van der Waals surface area contributed by atoms with E-state index in [0.29, 0.717) is 12.2 Å². The van der Waals surface area contributed by atoms with E-state index >= 15 is 0 Å². The van der Waals surface area contributed by atoms with Gasteiger partial charge in [-0.1, -0.05) is 71.1 Å². The Balaban J connectivity index is 3.67. The maximum absolute atomic E-state index is 11.8. The molecule has 0 aliphatic carbocycles. The highest BCUT2D eigenvalue weighted by atomic mass is 32.2. The molecular weight excluding hydrogens is 430 g/mol. The number of alkyl carbamates (subject to hydrolysis) is 1. The third kappa shape index (κ3) is 20.5. The van der Waals surface area contributed by atoms with Gasteiger partial charge in [0, 0.05) is 17.9 Å². The zero-order valence-electron chi connectivity index (χ0n) is 20.6. The van der Waals surface area contributed by atoms with Gasteiger partial charge in [-0.3, -0.25) is 4.79 Å². The van der Waals surface area contributed by atoms with E-state index < -0.39 is 23.7 Å². The van der Waals surface area contributed by atoms with Crippen LogP contribution in [0.1, 0.15) is 105 Å². The van der Waals surface area contributed by atoms with E-state index in [1.54, 1.807) is 20.8 Å². The molecule has 188 valence electrons. The second kappa shape index (κ2) is 19.1. The lowest BCUT2D eigenvalue weighted by Crippen LogP contribution is -2.45. The lowest BCUT2D eigenvalue weighted by Gasteiger charge is -2.21. The molecule has 0 spiro atoms. The first kappa shape index (κ1) is 30.6. The molecule has 8 heteroatoms. The Kier molecular flexibility index (Phi) is 18.2. The van der Waals surface area contributed by atoms with Crippen LogP contribution in [0.5, 0.6) is 0 Å². The second-order valence-corrected chi connectivity index (χ2v) is 10.3. The molecule has 1 atom stereocenters. The van der Waals surface area contributed by atoms with E-state index in [4.69, 9.17) is 9.47 Å². The summed E-state index contributed by atoms with van der Waals surface area (Å²) in [6.45, 7) is 7.60. The zero-order chi connectivity index (χ0) is 24.2. The number of esters is 1. The van der Waals surface area contributed by atoms with E-state index in [0.717, 1.165) is 12.8 Å². The van der Waals surface area contributed by atoms with Crippen LogP contribution >= 0.6 is 11.8 Å². The van der Waals surface area contributed by atoms with Crippen molar-refractivity contribution in [2.24, 2.45) is 0 Å². The largest absolute Gasteiger partial charge is 0.480 e. The number of thioether (sulfide) groups is 1. The highest BCUT2D eigenvalue weighted by molar-refractivity contribution is 7.99. The van der Waals surface area contributed by atoms with Gasteiger partial charge in [-0.05, 0) is 27.2 Å². The van der Waals surface area contributed by atoms with Gasteiger partial charge < -0.3 is 19.9 Å². The summed E-state index contributed by atoms with van der Waals surface area (Å²) in [6, 6.07) is -1.05. The monoisotopic (exact) mass is 475 g/mol. The number of rotatable bonds is 19. The number of hydrogen-bond acceptors (Lipinski definition) is 6. The van der Waals surface area contributed by atoms with Crippen LogP contribution in [0.3, 0.4) is 0 Å². The first-order chi connectivity index (χ1) is 15.2. The summed E-state index contributed by atoms with van der Waals surface area (Å²) in [7, 11) is 0. The SMILES string of the molecule is CCCCCCCCCCCCCC(=O)OCCSCC(NC(=O)OC(C)(C)C)C(=O)O. The number of carboxylic acid groups (broad SMARTS) is 1. The topological polar surface area (TPSA) is 102 Å². The number of nitrogens with one attached hydrogen (secondary N) is 1. The molecule has 0 saturated carbocycles. The normalized spacial score (nSPS) is 12.2. The summed E-state index contributed by atoms with van der Waals surface area (Å²) in [5.74, 6) is -0.686. The fourth-order valence-electron chi connectivity index (χ4n) is 3.05. The summed E-state index contributed by atoms with van der Waals surface area (Å²) in [5.41, 5.74) is -0.692. The fraction of sp³-hybridized carbons (Fsp3) is 0.875. The van der Waals surface area contributed by atoms with E-state index in [1.807, 2.05) is 0 Å². The Labute approximate surface area is 198 Å². The third-order valence-electron chi connectivity index (χ3n) is 4.75. The van der Waals surface area contributed by atoms with Crippen molar-refractivity contribution >= 4 is 29.8 Å². The van der Waals surface area contributed by atoms with Crippen LogP contribution in [0.25, 0.3) is 0 Å². The quantitative estimate of drug-likeness (QED) is 0.176. The maximum atomic E-state index is 11.8. The van der Waals surface area contributed by atoms with Crippen molar-refractivity contribution < 1.29 is 29.0 Å². The summed E-state index contributed by atoms with van der Waals surface area (Å²) in [4.78, 5) is 34.8. The van der Waals surface area contributed by atoms with Gasteiger partial charge in [-0.2, -0.15) is 11.8 Å². The van der Waals surface area contributed by atoms with Crippen LogP contribution in [-0.4, -0.2) is 52.9 Å². The highest BCUT2D eigenvalue weighted by Gasteiger charge is 2.23. The van der Waals surface area contributed by atoms with E-state index in [-0.39, 0.29) is 18.3 Å². The van der Waals surface area contributed by atoms with Gasteiger partial charge in [-0.25, -0.2) is 9.59 Å². The van der Waals surface area contributed by atoms with Gasteiger partial charge in [0.05, 0.1) is 0 Å². The predicted octanol–water partition coefficient (Wildman–Crippen LogP) is 5.94. The average Bonchev–Trinajstić information content (AvgIpc) is 2.69. The van der Waals surface area contributed by atoms with Gasteiger partial charge in [0.25, 0.3) is 0 Å². The Hall–Kier alpha value is -1.44. The number of carbonyl (C=O) groups excluding carboxylic acids is 2. The highest BCUT2D eigenvalue weighted by Crippen LogP contribution is 2.12. The van der Waals surface area contributed by atoms with Crippen LogP contribution in [0.15, 0.2) is 0 Å². The number of hydrogen-bond donors (Lipinski definition) is 2. The molecule has 0 aromatic heterocycles. The lowest BCUT2D eigenvalue weighted by atomic mass is 10.1. The molecule has 1 unspecified atom stereocenters. The van der Waals surface area contributed by atoms with E-state index in [2.05, 4.69) is 12.2 Å². The molecule has 32 heavy (non-hydrogen) atoms. The van der Waals surface area contributed by atoms with Crippen LogP contribution in [0.2, 0.25) is 0 Å². The number of carboxylic acids is 1.